The summed E-state index contributed by atoms with van der Waals surface area (Å²) in [5.41, 5.74) is 4.50. The molecule has 3 aromatic carbocycles. The van der Waals surface area contributed by atoms with Gasteiger partial charge < -0.3 is 17.3 Å². The Morgan fingerprint density at radius 3 is 1.53 bits per heavy atom. The van der Waals surface area contributed by atoms with Gasteiger partial charge in [0.15, 0.2) is 0 Å². The maximum absolute atomic E-state index is 9.75. The molecule has 0 aliphatic rings. The highest BCUT2D eigenvalue weighted by Gasteiger charge is 2.21. The Balaban J connectivity index is 0.000000461. The van der Waals surface area contributed by atoms with Crippen molar-refractivity contribution in [1.29, 1.82) is 0 Å². The molecule has 7 heteroatoms. The summed E-state index contributed by atoms with van der Waals surface area (Å²) < 4.78 is 46.5. The van der Waals surface area contributed by atoms with Crippen molar-refractivity contribution in [3.05, 3.63) is 101 Å². The zero-order valence-electron chi connectivity index (χ0n) is 15.6. The molecule has 1 nitrogen and oxygen atoms in total. The van der Waals surface area contributed by atoms with Gasteiger partial charge in [-0.3, -0.25) is 0 Å². The van der Waals surface area contributed by atoms with Crippen molar-refractivity contribution in [2.24, 2.45) is 0 Å². The minimum atomic E-state index is -6.00. The lowest BCUT2D eigenvalue weighted by Gasteiger charge is -2.02. The van der Waals surface area contributed by atoms with E-state index in [0.717, 1.165) is 28.2 Å². The predicted molar refractivity (Wildman–Crippen MR) is 122 cm³/mol. The van der Waals surface area contributed by atoms with Crippen LogP contribution in [0.3, 0.4) is 0 Å². The van der Waals surface area contributed by atoms with Gasteiger partial charge in [0, 0.05) is 9.13 Å². The molecular weight excluding hydrogens is 506 g/mol. The van der Waals surface area contributed by atoms with E-state index in [1.165, 1.54) is 9.13 Å². The summed E-state index contributed by atoms with van der Waals surface area (Å²) in [4.78, 5) is 0. The predicted octanol–water partition coefficient (Wildman–Crippen LogP) is 8.47. The van der Waals surface area contributed by atoms with E-state index in [2.05, 4.69) is 95.4 Å². The van der Waals surface area contributed by atoms with Crippen LogP contribution in [0, 0.1) is 3.57 Å². The van der Waals surface area contributed by atoms with Crippen molar-refractivity contribution in [2.75, 3.05) is 0 Å². The highest BCUT2D eigenvalue weighted by atomic mass is 127. The van der Waals surface area contributed by atoms with Crippen LogP contribution in [0.1, 0.15) is 0 Å². The quantitative estimate of drug-likeness (QED) is 0.114. The number of halogens is 5. The molecule has 0 atom stereocenters. The van der Waals surface area contributed by atoms with Gasteiger partial charge in [-0.05, 0) is 58.5 Å². The lowest BCUT2D eigenvalue weighted by Crippen LogP contribution is -2.02. The van der Waals surface area contributed by atoms with Gasteiger partial charge in [0.1, 0.15) is 0 Å². The molecule has 0 fully saturated rings. The topological polar surface area (TPSA) is 11.3 Å². The van der Waals surface area contributed by atoms with Crippen LogP contribution in [0.25, 0.3) is 33.8 Å². The van der Waals surface area contributed by atoms with Crippen molar-refractivity contribution >= 4 is 29.8 Å². The van der Waals surface area contributed by atoms with E-state index in [1.807, 2.05) is 24.3 Å². The van der Waals surface area contributed by atoms with Crippen LogP contribution in [0.4, 0.5) is 17.3 Å². The standard InChI is InChI=1S/C23H16IO.BF4/c24-21-13-7-12-19(14-21)23-16-20(17-8-3-1-4-9-17)15-22(25-23)18-10-5-2-6-11-18;2-1(3,4)5/h1-16H;/q+1;-1. The van der Waals surface area contributed by atoms with Gasteiger partial charge >= 0.3 is 18.8 Å². The zero-order chi connectivity index (χ0) is 21.6. The third-order valence-electron chi connectivity index (χ3n) is 4.07. The van der Waals surface area contributed by atoms with Crippen molar-refractivity contribution in [3.63, 3.8) is 0 Å². The van der Waals surface area contributed by atoms with Gasteiger partial charge in [0.05, 0.1) is 23.3 Å². The summed E-state index contributed by atoms with van der Waals surface area (Å²) in [6, 6.07) is 33.3. The van der Waals surface area contributed by atoms with E-state index in [-0.39, 0.29) is 0 Å². The molecule has 0 radical (unpaired) electrons. The molecule has 0 aliphatic carbocycles. The summed E-state index contributed by atoms with van der Waals surface area (Å²) in [6.07, 6.45) is 0. The third-order valence-corrected chi connectivity index (χ3v) is 4.74. The molecule has 4 aromatic rings. The molecular formula is C23H16BF4IO. The zero-order valence-corrected chi connectivity index (χ0v) is 17.8. The molecule has 0 amide bonds. The minimum Gasteiger partial charge on any atom is -0.418 e. The highest BCUT2D eigenvalue weighted by Crippen LogP contribution is 2.33. The lowest BCUT2D eigenvalue weighted by molar-refractivity contribution is 0.368. The molecule has 0 aliphatic heterocycles. The molecule has 0 spiro atoms. The number of rotatable bonds is 3. The Morgan fingerprint density at radius 2 is 1.00 bits per heavy atom. The summed E-state index contributed by atoms with van der Waals surface area (Å²) in [5.74, 6) is 1.74. The van der Waals surface area contributed by atoms with Crippen LogP contribution < -0.4 is 0 Å². The number of benzene rings is 3. The van der Waals surface area contributed by atoms with Crippen molar-refractivity contribution in [1.82, 2.24) is 0 Å². The molecule has 4 rings (SSSR count). The Morgan fingerprint density at radius 1 is 0.533 bits per heavy atom. The number of hydrogen-bond donors (Lipinski definition) is 0. The van der Waals surface area contributed by atoms with Crippen LogP contribution >= 0.6 is 22.6 Å². The monoisotopic (exact) mass is 522 g/mol. The second-order valence-electron chi connectivity index (χ2n) is 6.31. The molecule has 0 unspecified atom stereocenters. The van der Waals surface area contributed by atoms with E-state index in [0.29, 0.717) is 0 Å². The first-order chi connectivity index (χ1) is 14.3. The maximum atomic E-state index is 9.75. The van der Waals surface area contributed by atoms with Crippen molar-refractivity contribution in [3.8, 4) is 33.8 Å². The Bertz CT molecular complexity index is 1040. The van der Waals surface area contributed by atoms with E-state index >= 15 is 0 Å². The molecule has 0 saturated heterocycles. The summed E-state index contributed by atoms with van der Waals surface area (Å²) in [5, 5.41) is 0. The summed E-state index contributed by atoms with van der Waals surface area (Å²) in [7, 11) is -6.00. The van der Waals surface area contributed by atoms with Crippen LogP contribution in [-0.4, -0.2) is 7.25 Å². The Hall–Kier alpha value is -2.68. The van der Waals surface area contributed by atoms with Crippen LogP contribution in [0.15, 0.2) is 101 Å². The molecule has 152 valence electrons. The second kappa shape index (κ2) is 9.89. The highest BCUT2D eigenvalue weighted by molar-refractivity contribution is 14.1. The van der Waals surface area contributed by atoms with E-state index < -0.39 is 7.25 Å². The van der Waals surface area contributed by atoms with E-state index in [1.54, 1.807) is 0 Å². The van der Waals surface area contributed by atoms with E-state index in [9.17, 15) is 17.3 Å². The van der Waals surface area contributed by atoms with E-state index in [4.69, 9.17) is 4.42 Å². The number of hydrogen-bond acceptors (Lipinski definition) is 0. The summed E-state index contributed by atoms with van der Waals surface area (Å²) >= 11 is 2.33. The van der Waals surface area contributed by atoms with Crippen LogP contribution in [0.5, 0.6) is 0 Å². The van der Waals surface area contributed by atoms with Gasteiger partial charge in [-0.2, -0.15) is 0 Å². The molecule has 0 bridgehead atoms. The average Bonchev–Trinajstić information content (AvgIpc) is 2.73. The Kier molecular flexibility index (Phi) is 7.26. The fourth-order valence-electron chi connectivity index (χ4n) is 2.83. The van der Waals surface area contributed by atoms with Gasteiger partial charge in [-0.25, -0.2) is 4.42 Å². The normalized spacial score (nSPS) is 10.8. The third kappa shape index (κ3) is 6.69. The van der Waals surface area contributed by atoms with Crippen LogP contribution in [-0.2, 0) is 0 Å². The van der Waals surface area contributed by atoms with Gasteiger partial charge in [0.25, 0.3) is 0 Å². The smallest absolute Gasteiger partial charge is 0.418 e. The molecule has 0 saturated carbocycles. The molecule has 1 heterocycles. The maximum Gasteiger partial charge on any atom is 0.673 e. The first-order valence-electron chi connectivity index (χ1n) is 9.02. The largest absolute Gasteiger partial charge is 0.673 e. The fraction of sp³-hybridized carbons (Fsp3) is 0. The summed E-state index contributed by atoms with van der Waals surface area (Å²) in [6.45, 7) is 0. The molecule has 0 N–H and O–H groups in total. The van der Waals surface area contributed by atoms with Gasteiger partial charge in [-0.15, -0.1) is 0 Å². The van der Waals surface area contributed by atoms with Crippen LogP contribution in [0.2, 0.25) is 0 Å². The lowest BCUT2D eigenvalue weighted by atomic mass is 10.0. The Labute approximate surface area is 185 Å². The first kappa shape index (κ1) is 22.0. The van der Waals surface area contributed by atoms with Crippen molar-refractivity contribution in [2.45, 2.75) is 0 Å². The molecule has 30 heavy (non-hydrogen) atoms. The molecule has 1 aromatic heterocycles. The van der Waals surface area contributed by atoms with Gasteiger partial charge in [-0.1, -0.05) is 54.6 Å². The average molecular weight is 522 g/mol. The second-order valence-corrected chi connectivity index (χ2v) is 7.56. The van der Waals surface area contributed by atoms with Gasteiger partial charge in [0.2, 0.25) is 0 Å². The minimum absolute atomic E-state index is 0.871. The SMILES string of the molecule is F[B-](F)(F)F.Ic1cccc(-c2cc(-c3ccccc3)cc(-c3ccccc3)[o+]2)c1. The fourth-order valence-corrected chi connectivity index (χ4v) is 3.37. The van der Waals surface area contributed by atoms with Crippen molar-refractivity contribution < 1.29 is 21.7 Å². The first-order valence-corrected chi connectivity index (χ1v) is 10.1.